The van der Waals surface area contributed by atoms with E-state index in [1.165, 1.54) is 0 Å². The third kappa shape index (κ3) is 3.43. The second kappa shape index (κ2) is 7.23. The van der Waals surface area contributed by atoms with Crippen molar-refractivity contribution in [1.82, 2.24) is 19.8 Å². The van der Waals surface area contributed by atoms with E-state index in [-0.39, 0.29) is 11.8 Å². The van der Waals surface area contributed by atoms with E-state index in [9.17, 15) is 9.59 Å². The number of aromatic nitrogens is 2. The molecule has 138 valence electrons. The quantitative estimate of drug-likeness (QED) is 0.778. The highest BCUT2D eigenvalue weighted by Crippen LogP contribution is 2.23. The van der Waals surface area contributed by atoms with Crippen LogP contribution in [-0.4, -0.2) is 57.8 Å². The molecule has 0 bridgehead atoms. The van der Waals surface area contributed by atoms with E-state index in [2.05, 4.69) is 9.97 Å². The highest BCUT2D eigenvalue weighted by Gasteiger charge is 2.26. The van der Waals surface area contributed by atoms with Gasteiger partial charge in [-0.2, -0.15) is 0 Å². The number of hydrogen-bond acceptors (Lipinski definition) is 3. The number of rotatable bonds is 3. The number of piperazine rings is 1. The Kier molecular flexibility index (Phi) is 4.62. The maximum absolute atomic E-state index is 12.8. The van der Waals surface area contributed by atoms with Gasteiger partial charge in [-0.05, 0) is 30.7 Å². The van der Waals surface area contributed by atoms with Crippen molar-refractivity contribution in [3.05, 3.63) is 65.6 Å². The lowest BCUT2D eigenvalue weighted by molar-refractivity contribution is -0.131. The minimum atomic E-state index is -0.0739. The molecule has 0 unspecified atom stereocenters. The van der Waals surface area contributed by atoms with E-state index in [0.717, 1.165) is 22.2 Å². The molecule has 1 aliphatic rings. The van der Waals surface area contributed by atoms with Crippen LogP contribution in [-0.2, 0) is 11.2 Å². The van der Waals surface area contributed by atoms with Gasteiger partial charge in [0.1, 0.15) is 5.69 Å². The standard InChI is InChI=1S/C21H22N4O2/c1-15-17(16-6-2-3-7-18(16)23-15)14-20(26)24-10-12-25(13-11-24)21(27)19-8-4-5-9-22-19/h2-9,23H,10-14H2,1H3. The zero-order valence-electron chi connectivity index (χ0n) is 15.3. The van der Waals surface area contributed by atoms with Crippen molar-refractivity contribution in [1.29, 1.82) is 0 Å². The maximum Gasteiger partial charge on any atom is 0.272 e. The molecular weight excluding hydrogens is 340 g/mol. The first-order chi connectivity index (χ1) is 13.1. The highest BCUT2D eigenvalue weighted by molar-refractivity contribution is 5.93. The van der Waals surface area contributed by atoms with E-state index >= 15 is 0 Å². The molecule has 1 fully saturated rings. The molecular formula is C21H22N4O2. The number of H-pyrrole nitrogens is 1. The van der Waals surface area contributed by atoms with E-state index in [1.807, 2.05) is 42.2 Å². The number of nitrogens with zero attached hydrogens (tertiary/aromatic N) is 3. The number of fused-ring (bicyclic) bond motifs is 1. The third-order valence-electron chi connectivity index (χ3n) is 5.16. The van der Waals surface area contributed by atoms with Gasteiger partial charge in [0.05, 0.1) is 6.42 Å². The summed E-state index contributed by atoms with van der Waals surface area (Å²) in [7, 11) is 0. The number of carbonyl (C=O) groups excluding carboxylic acids is 2. The molecule has 1 saturated heterocycles. The van der Waals surface area contributed by atoms with E-state index in [4.69, 9.17) is 0 Å². The first kappa shape index (κ1) is 17.3. The Labute approximate surface area is 157 Å². The molecule has 3 heterocycles. The van der Waals surface area contributed by atoms with Gasteiger partial charge >= 0.3 is 0 Å². The predicted octanol–water partition coefficient (Wildman–Crippen LogP) is 2.40. The Hall–Kier alpha value is -3.15. The molecule has 0 aliphatic carbocycles. The summed E-state index contributed by atoms with van der Waals surface area (Å²) in [6.45, 7) is 4.19. The molecule has 1 aromatic carbocycles. The number of pyridine rings is 1. The lowest BCUT2D eigenvalue weighted by Crippen LogP contribution is -2.51. The fourth-order valence-electron chi connectivity index (χ4n) is 3.64. The van der Waals surface area contributed by atoms with Crippen LogP contribution in [0.15, 0.2) is 48.7 Å². The predicted molar refractivity (Wildman–Crippen MR) is 103 cm³/mol. The smallest absolute Gasteiger partial charge is 0.272 e. The van der Waals surface area contributed by atoms with Crippen LogP contribution in [0.25, 0.3) is 10.9 Å². The minimum absolute atomic E-state index is 0.0739. The molecule has 0 spiro atoms. The van der Waals surface area contributed by atoms with Gasteiger partial charge in [-0.1, -0.05) is 24.3 Å². The second-order valence-corrected chi connectivity index (χ2v) is 6.84. The molecule has 0 radical (unpaired) electrons. The summed E-state index contributed by atoms with van der Waals surface area (Å²) in [6, 6.07) is 13.4. The number of aryl methyl sites for hydroxylation is 1. The number of carbonyl (C=O) groups is 2. The summed E-state index contributed by atoms with van der Waals surface area (Å²) in [6.07, 6.45) is 2.00. The average Bonchev–Trinajstić information content (AvgIpc) is 3.03. The number of hydrogen-bond donors (Lipinski definition) is 1. The summed E-state index contributed by atoms with van der Waals surface area (Å²) in [5.74, 6) is 0.0305. The molecule has 6 nitrogen and oxygen atoms in total. The van der Waals surface area contributed by atoms with Crippen molar-refractivity contribution in [3.63, 3.8) is 0 Å². The Morgan fingerprint density at radius 2 is 1.70 bits per heavy atom. The van der Waals surface area contributed by atoms with Gasteiger partial charge in [0.15, 0.2) is 0 Å². The van der Waals surface area contributed by atoms with Crippen molar-refractivity contribution in [2.75, 3.05) is 26.2 Å². The Balaban J connectivity index is 1.40. The van der Waals surface area contributed by atoms with Gasteiger partial charge in [-0.25, -0.2) is 0 Å². The van der Waals surface area contributed by atoms with Crippen LogP contribution in [0.4, 0.5) is 0 Å². The Morgan fingerprint density at radius 1 is 1.00 bits per heavy atom. The van der Waals surface area contributed by atoms with Crippen molar-refractivity contribution in [3.8, 4) is 0 Å². The molecule has 2 aromatic heterocycles. The van der Waals surface area contributed by atoms with Crippen molar-refractivity contribution in [2.24, 2.45) is 0 Å². The lowest BCUT2D eigenvalue weighted by Gasteiger charge is -2.34. The number of amides is 2. The van der Waals surface area contributed by atoms with Crippen LogP contribution in [0.5, 0.6) is 0 Å². The Bertz CT molecular complexity index is 972. The van der Waals surface area contributed by atoms with Gasteiger partial charge in [0, 0.05) is 49.0 Å². The van der Waals surface area contributed by atoms with Crippen LogP contribution in [0.3, 0.4) is 0 Å². The fraction of sp³-hybridized carbons (Fsp3) is 0.286. The van der Waals surface area contributed by atoms with Crippen LogP contribution >= 0.6 is 0 Å². The van der Waals surface area contributed by atoms with Crippen molar-refractivity contribution < 1.29 is 9.59 Å². The second-order valence-electron chi connectivity index (χ2n) is 6.84. The topological polar surface area (TPSA) is 69.3 Å². The fourth-order valence-corrected chi connectivity index (χ4v) is 3.64. The number of para-hydroxylation sites is 1. The van der Waals surface area contributed by atoms with Gasteiger partial charge < -0.3 is 14.8 Å². The zero-order chi connectivity index (χ0) is 18.8. The summed E-state index contributed by atoms with van der Waals surface area (Å²) < 4.78 is 0. The third-order valence-corrected chi connectivity index (χ3v) is 5.16. The summed E-state index contributed by atoms with van der Waals surface area (Å²) in [4.78, 5) is 36.4. The summed E-state index contributed by atoms with van der Waals surface area (Å²) >= 11 is 0. The average molecular weight is 362 g/mol. The molecule has 0 atom stereocenters. The first-order valence-corrected chi connectivity index (χ1v) is 9.18. The summed E-state index contributed by atoms with van der Waals surface area (Å²) in [5, 5.41) is 1.10. The van der Waals surface area contributed by atoms with Gasteiger partial charge in [0.2, 0.25) is 5.91 Å². The molecule has 1 N–H and O–H groups in total. The zero-order valence-corrected chi connectivity index (χ0v) is 15.3. The van der Waals surface area contributed by atoms with Crippen LogP contribution in [0.2, 0.25) is 0 Å². The maximum atomic E-state index is 12.8. The summed E-state index contributed by atoms with van der Waals surface area (Å²) in [5.41, 5.74) is 3.60. The lowest BCUT2D eigenvalue weighted by atomic mass is 10.1. The van der Waals surface area contributed by atoms with E-state index in [0.29, 0.717) is 38.3 Å². The van der Waals surface area contributed by atoms with Gasteiger partial charge in [-0.15, -0.1) is 0 Å². The van der Waals surface area contributed by atoms with Gasteiger partial charge in [-0.3, -0.25) is 14.6 Å². The molecule has 0 saturated carbocycles. The number of aromatic amines is 1. The molecule has 6 heteroatoms. The van der Waals surface area contributed by atoms with E-state index < -0.39 is 0 Å². The monoisotopic (exact) mass is 362 g/mol. The minimum Gasteiger partial charge on any atom is -0.358 e. The van der Waals surface area contributed by atoms with Crippen LogP contribution in [0.1, 0.15) is 21.7 Å². The normalized spacial score (nSPS) is 14.6. The highest BCUT2D eigenvalue weighted by atomic mass is 16.2. The largest absolute Gasteiger partial charge is 0.358 e. The first-order valence-electron chi connectivity index (χ1n) is 9.18. The van der Waals surface area contributed by atoms with Crippen molar-refractivity contribution in [2.45, 2.75) is 13.3 Å². The Morgan fingerprint density at radius 3 is 2.44 bits per heavy atom. The van der Waals surface area contributed by atoms with Gasteiger partial charge in [0.25, 0.3) is 5.91 Å². The molecule has 3 aromatic rings. The SMILES string of the molecule is Cc1[nH]c2ccccc2c1CC(=O)N1CCN(C(=O)c2ccccn2)CC1. The van der Waals surface area contributed by atoms with Crippen molar-refractivity contribution >= 4 is 22.7 Å². The number of benzene rings is 1. The number of nitrogens with one attached hydrogen (secondary N) is 1. The molecule has 27 heavy (non-hydrogen) atoms. The van der Waals surface area contributed by atoms with Crippen LogP contribution in [0, 0.1) is 6.92 Å². The van der Waals surface area contributed by atoms with E-state index in [1.54, 1.807) is 23.2 Å². The molecule has 4 rings (SSSR count). The molecule has 2 amide bonds. The molecule has 1 aliphatic heterocycles. The van der Waals surface area contributed by atoms with Crippen LogP contribution < -0.4 is 0 Å².